The molecular weight excluding hydrogens is 276 g/mol. The van der Waals surface area contributed by atoms with Gasteiger partial charge in [-0.2, -0.15) is 10.5 Å². The number of nitrogens with zero attached hydrogens (tertiary/aromatic N) is 5. The van der Waals surface area contributed by atoms with E-state index < -0.39 is 0 Å². The van der Waals surface area contributed by atoms with E-state index in [1.807, 2.05) is 17.8 Å². The van der Waals surface area contributed by atoms with Crippen LogP contribution >= 0.6 is 0 Å². The van der Waals surface area contributed by atoms with Crippen LogP contribution in [0.15, 0.2) is 29.8 Å². The van der Waals surface area contributed by atoms with Gasteiger partial charge in [0, 0.05) is 42.7 Å². The minimum atomic E-state index is 0.522. The first-order valence-corrected chi connectivity index (χ1v) is 7.97. The molecule has 2 aliphatic heterocycles. The Morgan fingerprint density at radius 1 is 1.23 bits per heavy atom. The van der Waals surface area contributed by atoms with E-state index in [4.69, 9.17) is 0 Å². The van der Waals surface area contributed by atoms with Gasteiger partial charge in [-0.15, -0.1) is 0 Å². The molecule has 114 valence electrons. The Morgan fingerprint density at radius 3 is 2.91 bits per heavy atom. The first-order valence-electron chi connectivity index (χ1n) is 7.97. The van der Waals surface area contributed by atoms with E-state index in [1.54, 1.807) is 6.21 Å². The van der Waals surface area contributed by atoms with Gasteiger partial charge in [0.1, 0.15) is 11.9 Å². The lowest BCUT2D eigenvalue weighted by molar-refractivity contribution is -0.573. The van der Waals surface area contributed by atoms with E-state index in [1.165, 1.54) is 25.9 Å². The molecule has 0 bridgehead atoms. The predicted molar refractivity (Wildman–Crippen MR) is 85.0 cm³/mol. The number of hydrogen-bond donors (Lipinski definition) is 1. The van der Waals surface area contributed by atoms with Crippen molar-refractivity contribution in [3.05, 3.63) is 30.4 Å². The molecular formula is C16H21N6+. The highest BCUT2D eigenvalue weighted by atomic mass is 15.3. The van der Waals surface area contributed by atoms with E-state index in [0.29, 0.717) is 6.04 Å². The molecule has 1 saturated heterocycles. The van der Waals surface area contributed by atoms with Crippen molar-refractivity contribution in [1.82, 2.24) is 19.7 Å². The molecule has 0 unspecified atom stereocenters. The zero-order valence-electron chi connectivity index (χ0n) is 12.8. The van der Waals surface area contributed by atoms with E-state index in [2.05, 4.69) is 44.0 Å². The summed E-state index contributed by atoms with van der Waals surface area (Å²) in [6.45, 7) is 5.72. The molecule has 0 aromatic carbocycles. The summed E-state index contributed by atoms with van der Waals surface area (Å²) in [4.78, 5) is 6.96. The van der Waals surface area contributed by atoms with Crippen molar-refractivity contribution in [3.63, 3.8) is 0 Å². The number of likely N-dealkylation sites (tertiary alicyclic amines) is 1. The lowest BCUT2D eigenvalue weighted by Crippen LogP contribution is -2.69. The maximum absolute atomic E-state index is 4.59. The second-order valence-corrected chi connectivity index (χ2v) is 5.98. The van der Waals surface area contributed by atoms with Gasteiger partial charge in [0.15, 0.2) is 5.69 Å². The summed E-state index contributed by atoms with van der Waals surface area (Å²) in [5.74, 6) is 0. The Kier molecular flexibility index (Phi) is 3.48. The van der Waals surface area contributed by atoms with Crippen molar-refractivity contribution >= 4 is 11.9 Å². The van der Waals surface area contributed by atoms with Gasteiger partial charge in [0.25, 0.3) is 0 Å². The predicted octanol–water partition coefficient (Wildman–Crippen LogP) is 1.14. The van der Waals surface area contributed by atoms with Crippen LogP contribution in [0, 0.1) is 0 Å². The zero-order chi connectivity index (χ0) is 14.9. The van der Waals surface area contributed by atoms with Crippen LogP contribution in [0.1, 0.15) is 31.5 Å². The lowest BCUT2D eigenvalue weighted by atomic mass is 10.1. The van der Waals surface area contributed by atoms with Crippen molar-refractivity contribution in [1.29, 1.82) is 0 Å². The third-order valence-electron chi connectivity index (χ3n) is 4.67. The minimum absolute atomic E-state index is 0.522. The lowest BCUT2D eigenvalue weighted by Gasteiger charge is -2.31. The highest BCUT2D eigenvalue weighted by Gasteiger charge is 2.21. The van der Waals surface area contributed by atoms with Gasteiger partial charge in [-0.05, 0) is 19.4 Å². The van der Waals surface area contributed by atoms with Crippen LogP contribution in [0.25, 0.3) is 11.1 Å². The van der Waals surface area contributed by atoms with Gasteiger partial charge < -0.3 is 4.90 Å². The molecule has 2 N–H and O–H groups in total. The highest BCUT2D eigenvalue weighted by molar-refractivity contribution is 5.85. The second kappa shape index (κ2) is 5.62. The molecule has 22 heavy (non-hydrogen) atoms. The quantitative estimate of drug-likeness (QED) is 0.864. The molecule has 1 fully saturated rings. The summed E-state index contributed by atoms with van der Waals surface area (Å²) in [5.41, 5.74) is 6.13. The van der Waals surface area contributed by atoms with E-state index in [9.17, 15) is 0 Å². The largest absolute Gasteiger partial charge is 0.303 e. The summed E-state index contributed by atoms with van der Waals surface area (Å²) in [5, 5.41) is 8.73. The Hall–Kier alpha value is -2.05. The van der Waals surface area contributed by atoms with Gasteiger partial charge in [-0.1, -0.05) is 12.0 Å². The molecule has 0 radical (unpaired) electrons. The van der Waals surface area contributed by atoms with Crippen molar-refractivity contribution in [2.45, 2.75) is 25.8 Å². The van der Waals surface area contributed by atoms with Gasteiger partial charge in [-0.25, -0.2) is 4.98 Å². The first kappa shape index (κ1) is 13.6. The van der Waals surface area contributed by atoms with Crippen LogP contribution in [-0.2, 0) is 0 Å². The number of hydrogen-bond acceptors (Lipinski definition) is 4. The molecule has 2 aromatic heterocycles. The molecule has 2 aromatic rings. The fraction of sp³-hybridized carbons (Fsp3) is 0.438. The molecule has 0 spiro atoms. The average Bonchev–Trinajstić information content (AvgIpc) is 3.23. The van der Waals surface area contributed by atoms with Gasteiger partial charge in [-0.3, -0.25) is 4.68 Å². The number of fused-ring (bicyclic) bond motifs is 1. The van der Waals surface area contributed by atoms with Crippen molar-refractivity contribution in [3.8, 4) is 11.1 Å². The summed E-state index contributed by atoms with van der Waals surface area (Å²) >= 11 is 0. The second-order valence-electron chi connectivity index (χ2n) is 5.98. The number of pyridine rings is 1. The molecule has 0 aliphatic carbocycles. The number of nitrogens with two attached hydrogens (primary N) is 1. The molecule has 0 atom stereocenters. The normalized spacial score (nSPS) is 18.8. The number of rotatable bonds is 3. The van der Waals surface area contributed by atoms with Crippen LogP contribution in [0.2, 0.25) is 0 Å². The standard InChI is InChI=1S/C16H20N6/c1-2-21-5-3-14(4-6-21)22-11-13(9-19-22)12-7-15-16(17-8-12)10-18-20-15/h7-11,14H,2-6H2,1H3,(H,18,20)/p+1. The molecule has 2 aliphatic rings. The van der Waals surface area contributed by atoms with E-state index >= 15 is 0 Å². The molecule has 0 amide bonds. The monoisotopic (exact) mass is 297 g/mol. The Balaban J connectivity index is 1.52. The van der Waals surface area contributed by atoms with Gasteiger partial charge in [0.05, 0.1) is 12.2 Å². The summed E-state index contributed by atoms with van der Waals surface area (Å²) in [6, 6.07) is 2.66. The smallest absolute Gasteiger partial charge is 0.184 e. The molecule has 6 nitrogen and oxygen atoms in total. The summed E-state index contributed by atoms with van der Waals surface area (Å²) in [7, 11) is 0. The van der Waals surface area contributed by atoms with E-state index in [-0.39, 0.29) is 0 Å². The van der Waals surface area contributed by atoms with Crippen LogP contribution in [-0.4, -0.2) is 45.5 Å². The average molecular weight is 297 g/mol. The summed E-state index contributed by atoms with van der Waals surface area (Å²) < 4.78 is 2.13. The SMILES string of the molecule is CCN1CCC(n2cc(-c3cnc4c(c3)[NH2+]N=C4)cn2)CC1. The Bertz CT molecular complexity index is 696. The number of aromatic nitrogens is 3. The van der Waals surface area contributed by atoms with Gasteiger partial charge in [0.2, 0.25) is 0 Å². The molecule has 0 saturated carbocycles. The van der Waals surface area contributed by atoms with Crippen LogP contribution in [0.3, 0.4) is 0 Å². The number of quaternary nitrogens is 1. The van der Waals surface area contributed by atoms with Gasteiger partial charge >= 0.3 is 0 Å². The van der Waals surface area contributed by atoms with Crippen molar-refractivity contribution in [2.75, 3.05) is 19.6 Å². The van der Waals surface area contributed by atoms with E-state index in [0.717, 1.165) is 29.1 Å². The van der Waals surface area contributed by atoms with Crippen LogP contribution in [0.4, 0.5) is 5.69 Å². The minimum Gasteiger partial charge on any atom is -0.303 e. The summed E-state index contributed by atoms with van der Waals surface area (Å²) in [6.07, 6.45) is 10.2. The maximum atomic E-state index is 4.59. The zero-order valence-corrected chi connectivity index (χ0v) is 12.8. The Labute approximate surface area is 129 Å². The van der Waals surface area contributed by atoms with Crippen molar-refractivity contribution < 1.29 is 5.43 Å². The number of piperidine rings is 1. The third kappa shape index (κ3) is 2.44. The fourth-order valence-corrected chi connectivity index (χ4v) is 3.24. The van der Waals surface area contributed by atoms with Crippen LogP contribution < -0.4 is 5.43 Å². The topological polar surface area (TPSA) is 62.9 Å². The highest BCUT2D eigenvalue weighted by Crippen LogP contribution is 2.26. The van der Waals surface area contributed by atoms with Crippen molar-refractivity contribution in [2.24, 2.45) is 5.10 Å². The Morgan fingerprint density at radius 2 is 2.09 bits per heavy atom. The molecule has 4 heterocycles. The third-order valence-corrected chi connectivity index (χ3v) is 4.67. The fourth-order valence-electron chi connectivity index (χ4n) is 3.24. The van der Waals surface area contributed by atoms with Crippen LogP contribution in [0.5, 0.6) is 0 Å². The molecule has 4 rings (SSSR count). The first-order chi connectivity index (χ1) is 10.8. The maximum Gasteiger partial charge on any atom is 0.184 e. The molecule has 6 heteroatoms.